The van der Waals surface area contributed by atoms with Crippen molar-refractivity contribution in [1.82, 2.24) is 5.32 Å². The highest BCUT2D eigenvalue weighted by Crippen LogP contribution is 2.39. The normalized spacial score (nSPS) is 25.8. The zero-order valence-electron chi connectivity index (χ0n) is 10.2. The largest absolute Gasteiger partial charge is 0.310 e. The molecule has 0 spiro atoms. The van der Waals surface area contributed by atoms with Crippen LogP contribution in [-0.2, 0) is 9.84 Å². The van der Waals surface area contributed by atoms with Crippen LogP contribution >= 0.6 is 0 Å². The highest BCUT2D eigenvalue weighted by atomic mass is 32.2. The Balaban J connectivity index is 2.72. The van der Waals surface area contributed by atoms with Crippen LogP contribution in [0.15, 0.2) is 17.0 Å². The Morgan fingerprint density at radius 3 is 2.56 bits per heavy atom. The molecule has 6 heteroatoms. The molecule has 1 N–H and O–H groups in total. The lowest BCUT2D eigenvalue weighted by molar-refractivity contribution is 0.435. The maximum Gasteiger partial charge on any atom is 0.184 e. The molecule has 2 rings (SSSR count). The third-order valence-corrected chi connectivity index (χ3v) is 5.51. The van der Waals surface area contributed by atoms with E-state index in [0.717, 1.165) is 12.1 Å². The average Bonchev–Trinajstić information content (AvgIpc) is 2.29. The van der Waals surface area contributed by atoms with Crippen LogP contribution in [0.1, 0.15) is 31.9 Å². The molecular formula is C12H15F2NO2S. The minimum Gasteiger partial charge on any atom is -0.310 e. The lowest BCUT2D eigenvalue weighted by Crippen LogP contribution is -2.36. The average molecular weight is 275 g/mol. The van der Waals surface area contributed by atoms with Crippen LogP contribution < -0.4 is 5.32 Å². The van der Waals surface area contributed by atoms with Crippen molar-refractivity contribution in [2.75, 3.05) is 6.54 Å². The summed E-state index contributed by atoms with van der Waals surface area (Å²) in [5.74, 6) is -1.55. The lowest BCUT2D eigenvalue weighted by Gasteiger charge is -2.30. The number of benzene rings is 1. The number of fused-ring (bicyclic) bond motifs is 1. The van der Waals surface area contributed by atoms with Gasteiger partial charge in [-0.1, -0.05) is 6.92 Å². The molecule has 1 aliphatic heterocycles. The summed E-state index contributed by atoms with van der Waals surface area (Å²) >= 11 is 0. The van der Waals surface area contributed by atoms with Crippen molar-refractivity contribution in [2.45, 2.75) is 36.5 Å². The number of sulfone groups is 1. The van der Waals surface area contributed by atoms with Gasteiger partial charge in [-0.25, -0.2) is 17.2 Å². The van der Waals surface area contributed by atoms with Gasteiger partial charge in [0.25, 0.3) is 0 Å². The van der Waals surface area contributed by atoms with E-state index in [1.54, 1.807) is 0 Å². The molecule has 2 unspecified atom stereocenters. The van der Waals surface area contributed by atoms with E-state index in [-0.39, 0.29) is 12.0 Å². The Hall–Kier alpha value is -1.01. The number of hydrogen-bond donors (Lipinski definition) is 1. The van der Waals surface area contributed by atoms with Gasteiger partial charge >= 0.3 is 0 Å². The van der Waals surface area contributed by atoms with Gasteiger partial charge in [-0.3, -0.25) is 0 Å². The van der Waals surface area contributed by atoms with E-state index in [2.05, 4.69) is 5.32 Å². The first-order valence-electron chi connectivity index (χ1n) is 5.84. The maximum absolute atomic E-state index is 13.8. The number of halogens is 2. The summed E-state index contributed by atoms with van der Waals surface area (Å²) in [5, 5.41) is 2.29. The first kappa shape index (κ1) is 13.4. The Morgan fingerprint density at radius 1 is 1.33 bits per heavy atom. The summed E-state index contributed by atoms with van der Waals surface area (Å²) in [7, 11) is -3.78. The topological polar surface area (TPSA) is 46.2 Å². The monoisotopic (exact) mass is 275 g/mol. The Bertz CT molecular complexity index is 572. The summed E-state index contributed by atoms with van der Waals surface area (Å²) in [6.07, 6.45) is 0.254. The molecular weight excluding hydrogens is 260 g/mol. The van der Waals surface area contributed by atoms with Gasteiger partial charge in [0.05, 0.1) is 5.25 Å². The molecule has 1 aromatic rings. The van der Waals surface area contributed by atoms with E-state index >= 15 is 0 Å². The van der Waals surface area contributed by atoms with Gasteiger partial charge in [-0.05, 0) is 32.0 Å². The predicted molar refractivity (Wildman–Crippen MR) is 64.0 cm³/mol. The molecule has 0 radical (unpaired) electrons. The zero-order chi connectivity index (χ0) is 13.5. The van der Waals surface area contributed by atoms with Gasteiger partial charge in [-0.15, -0.1) is 0 Å². The lowest BCUT2D eigenvalue weighted by atomic mass is 10.0. The summed E-state index contributed by atoms with van der Waals surface area (Å²) in [6, 6.07) is 1.38. The summed E-state index contributed by atoms with van der Waals surface area (Å²) in [4.78, 5) is -0.479. The van der Waals surface area contributed by atoms with E-state index in [0.29, 0.717) is 6.54 Å². The molecule has 0 saturated carbocycles. The molecule has 0 aliphatic carbocycles. The van der Waals surface area contributed by atoms with Crippen molar-refractivity contribution in [3.63, 3.8) is 0 Å². The molecule has 1 aromatic carbocycles. The Kier molecular flexibility index (Phi) is 3.42. The highest BCUT2D eigenvalue weighted by molar-refractivity contribution is 7.92. The molecule has 1 heterocycles. The van der Waals surface area contributed by atoms with E-state index in [9.17, 15) is 17.2 Å². The van der Waals surface area contributed by atoms with E-state index < -0.39 is 37.7 Å². The minimum atomic E-state index is -3.78. The smallest absolute Gasteiger partial charge is 0.184 e. The molecule has 0 saturated heterocycles. The van der Waals surface area contributed by atoms with Crippen LogP contribution in [0.5, 0.6) is 0 Å². The SMILES string of the molecule is CCNC1CC(C)S(=O)(=O)c2c(F)ccc(F)c21. The fraction of sp³-hybridized carbons (Fsp3) is 0.500. The second kappa shape index (κ2) is 4.59. The quantitative estimate of drug-likeness (QED) is 0.900. The third-order valence-electron chi connectivity index (χ3n) is 3.28. The highest BCUT2D eigenvalue weighted by Gasteiger charge is 2.40. The summed E-state index contributed by atoms with van der Waals surface area (Å²) in [5.41, 5.74) is -0.0602. The Morgan fingerprint density at radius 2 is 1.94 bits per heavy atom. The maximum atomic E-state index is 13.8. The van der Waals surface area contributed by atoms with Crippen molar-refractivity contribution in [2.24, 2.45) is 0 Å². The number of nitrogens with one attached hydrogen (secondary N) is 1. The molecule has 0 aromatic heterocycles. The molecule has 3 nitrogen and oxygen atoms in total. The van der Waals surface area contributed by atoms with Gasteiger partial charge in [-0.2, -0.15) is 0 Å². The van der Waals surface area contributed by atoms with Gasteiger partial charge in [0.2, 0.25) is 0 Å². The van der Waals surface area contributed by atoms with Crippen LogP contribution in [0.4, 0.5) is 8.78 Å². The molecule has 0 amide bonds. The number of rotatable bonds is 2. The van der Waals surface area contributed by atoms with Crippen molar-refractivity contribution in [3.05, 3.63) is 29.3 Å². The molecule has 0 bridgehead atoms. The summed E-state index contributed by atoms with van der Waals surface area (Å²) in [6.45, 7) is 3.92. The third kappa shape index (κ3) is 1.93. The van der Waals surface area contributed by atoms with E-state index in [1.807, 2.05) is 6.92 Å². The second-order valence-electron chi connectivity index (χ2n) is 4.47. The van der Waals surface area contributed by atoms with Gasteiger partial charge in [0, 0.05) is 11.6 Å². The van der Waals surface area contributed by atoms with Gasteiger partial charge in [0.1, 0.15) is 16.5 Å². The van der Waals surface area contributed by atoms with E-state index in [4.69, 9.17) is 0 Å². The summed E-state index contributed by atoms with van der Waals surface area (Å²) < 4.78 is 51.8. The first-order valence-corrected chi connectivity index (χ1v) is 7.39. The fourth-order valence-corrected chi connectivity index (χ4v) is 4.11. The fourth-order valence-electron chi connectivity index (χ4n) is 2.37. The van der Waals surface area contributed by atoms with Crippen molar-refractivity contribution >= 4 is 9.84 Å². The molecule has 100 valence electrons. The zero-order valence-corrected chi connectivity index (χ0v) is 11.0. The molecule has 0 fully saturated rings. The predicted octanol–water partition coefficient (Wildman–Crippen LogP) is 2.18. The minimum absolute atomic E-state index is 0.0602. The van der Waals surface area contributed by atoms with Crippen LogP contribution in [0.2, 0.25) is 0 Å². The van der Waals surface area contributed by atoms with Crippen molar-refractivity contribution in [3.8, 4) is 0 Å². The van der Waals surface area contributed by atoms with Crippen LogP contribution in [0, 0.1) is 11.6 Å². The van der Waals surface area contributed by atoms with Crippen molar-refractivity contribution in [1.29, 1.82) is 0 Å². The first-order chi connectivity index (χ1) is 8.39. The van der Waals surface area contributed by atoms with Gasteiger partial charge < -0.3 is 5.32 Å². The number of hydrogen-bond acceptors (Lipinski definition) is 3. The van der Waals surface area contributed by atoms with Crippen LogP contribution in [0.25, 0.3) is 0 Å². The van der Waals surface area contributed by atoms with Crippen LogP contribution in [0.3, 0.4) is 0 Å². The van der Waals surface area contributed by atoms with E-state index in [1.165, 1.54) is 6.92 Å². The molecule has 18 heavy (non-hydrogen) atoms. The van der Waals surface area contributed by atoms with Gasteiger partial charge in [0.15, 0.2) is 9.84 Å². The second-order valence-corrected chi connectivity index (χ2v) is 6.78. The Labute approximate surface area is 105 Å². The van der Waals surface area contributed by atoms with Crippen LogP contribution in [-0.4, -0.2) is 20.2 Å². The van der Waals surface area contributed by atoms with Crippen molar-refractivity contribution < 1.29 is 17.2 Å². The standard InChI is InChI=1S/C12H15F2NO2S/c1-3-15-10-6-7(2)18(16,17)12-9(14)5-4-8(13)11(10)12/h4-5,7,10,15H,3,6H2,1-2H3. The molecule has 1 aliphatic rings. The molecule has 2 atom stereocenters.